The minimum atomic E-state index is 0.184. The van der Waals surface area contributed by atoms with Crippen LogP contribution < -0.4 is 0 Å². The lowest BCUT2D eigenvalue weighted by Gasteiger charge is -2.30. The van der Waals surface area contributed by atoms with Gasteiger partial charge in [0.15, 0.2) is 5.78 Å². The van der Waals surface area contributed by atoms with Crippen LogP contribution in [-0.2, 0) is 0 Å². The second-order valence-corrected chi connectivity index (χ2v) is 6.65. The summed E-state index contributed by atoms with van der Waals surface area (Å²) >= 11 is 7.90. The van der Waals surface area contributed by atoms with Crippen molar-refractivity contribution in [1.82, 2.24) is 4.90 Å². The van der Waals surface area contributed by atoms with Gasteiger partial charge in [-0.2, -0.15) is 11.8 Å². The van der Waals surface area contributed by atoms with Crippen LogP contribution in [0.3, 0.4) is 0 Å². The Balaban J connectivity index is 1.84. The molecule has 1 heterocycles. The third kappa shape index (κ3) is 4.01. The average molecular weight is 284 g/mol. The number of hydrogen-bond donors (Lipinski definition) is 0. The molecule has 1 atom stereocenters. The fraction of sp³-hybridized carbons (Fsp3) is 0.500. The van der Waals surface area contributed by atoms with Crippen LogP contribution in [0.15, 0.2) is 24.3 Å². The van der Waals surface area contributed by atoms with Gasteiger partial charge in [-0.1, -0.05) is 30.7 Å². The van der Waals surface area contributed by atoms with Crippen LogP contribution in [0.2, 0.25) is 5.02 Å². The summed E-state index contributed by atoms with van der Waals surface area (Å²) in [6, 6.07) is 7.21. The maximum Gasteiger partial charge on any atom is 0.164 e. The van der Waals surface area contributed by atoms with Crippen LogP contribution >= 0.6 is 23.4 Å². The zero-order chi connectivity index (χ0) is 13.0. The van der Waals surface area contributed by atoms with Gasteiger partial charge < -0.3 is 4.90 Å². The molecule has 0 amide bonds. The molecule has 1 aromatic rings. The molecule has 1 aliphatic rings. The van der Waals surface area contributed by atoms with Gasteiger partial charge in [0.2, 0.25) is 0 Å². The molecule has 1 unspecified atom stereocenters. The Bertz CT molecular complexity index is 424. The Labute approximate surface area is 118 Å². The van der Waals surface area contributed by atoms with Crippen molar-refractivity contribution in [3.8, 4) is 0 Å². The summed E-state index contributed by atoms with van der Waals surface area (Å²) in [5, 5.41) is 1.31. The highest BCUT2D eigenvalue weighted by atomic mass is 35.5. The highest BCUT2D eigenvalue weighted by Crippen LogP contribution is 2.18. The van der Waals surface area contributed by atoms with Crippen LogP contribution in [-0.4, -0.2) is 41.3 Å². The largest absolute Gasteiger partial charge is 0.301 e. The third-order valence-corrected chi connectivity index (χ3v) is 4.50. The molecular weight excluding hydrogens is 266 g/mol. The Hall–Kier alpha value is -0.510. The first-order valence-electron chi connectivity index (χ1n) is 6.28. The van der Waals surface area contributed by atoms with E-state index in [4.69, 9.17) is 11.6 Å². The van der Waals surface area contributed by atoms with Gasteiger partial charge in [-0.3, -0.25) is 4.79 Å². The van der Waals surface area contributed by atoms with Gasteiger partial charge in [-0.05, 0) is 12.1 Å². The van der Waals surface area contributed by atoms with Gasteiger partial charge in [0.25, 0.3) is 0 Å². The van der Waals surface area contributed by atoms with Crippen molar-refractivity contribution in [3.63, 3.8) is 0 Å². The lowest BCUT2D eigenvalue weighted by atomic mass is 10.1. The highest BCUT2D eigenvalue weighted by molar-refractivity contribution is 7.99. The summed E-state index contributed by atoms with van der Waals surface area (Å²) in [5.41, 5.74) is 0.724. The average Bonchev–Trinajstić information content (AvgIpc) is 2.36. The van der Waals surface area contributed by atoms with E-state index in [-0.39, 0.29) is 5.78 Å². The van der Waals surface area contributed by atoms with Crippen LogP contribution in [0.1, 0.15) is 23.7 Å². The van der Waals surface area contributed by atoms with Crippen LogP contribution in [0.25, 0.3) is 0 Å². The lowest BCUT2D eigenvalue weighted by molar-refractivity contribution is 0.0965. The standard InChI is InChI=1S/C14H18ClNOS/c1-11-10-16(7-8-18-11)6-5-14(17)12-3-2-4-13(15)9-12/h2-4,9,11H,5-8,10H2,1H3. The topological polar surface area (TPSA) is 20.3 Å². The fourth-order valence-corrected chi connectivity index (χ4v) is 3.43. The smallest absolute Gasteiger partial charge is 0.164 e. The van der Waals surface area contributed by atoms with E-state index in [1.165, 1.54) is 5.75 Å². The predicted octanol–water partition coefficient (Wildman–Crippen LogP) is 3.35. The first-order chi connectivity index (χ1) is 8.65. The lowest BCUT2D eigenvalue weighted by Crippen LogP contribution is -2.37. The number of thioether (sulfide) groups is 1. The molecule has 1 aromatic carbocycles. The van der Waals surface area contributed by atoms with Crippen molar-refractivity contribution in [2.24, 2.45) is 0 Å². The summed E-state index contributed by atoms with van der Waals surface area (Å²) in [4.78, 5) is 14.4. The number of ketones is 1. The van der Waals surface area contributed by atoms with Crippen LogP contribution in [0.4, 0.5) is 0 Å². The van der Waals surface area contributed by atoms with Crippen molar-refractivity contribution in [2.75, 3.05) is 25.4 Å². The van der Waals surface area contributed by atoms with Gasteiger partial charge >= 0.3 is 0 Å². The van der Waals surface area contributed by atoms with Gasteiger partial charge in [0, 0.05) is 47.6 Å². The Morgan fingerprint density at radius 2 is 2.39 bits per heavy atom. The fourth-order valence-electron chi connectivity index (χ4n) is 2.16. The minimum Gasteiger partial charge on any atom is -0.301 e. The second-order valence-electron chi connectivity index (χ2n) is 4.67. The molecule has 0 N–H and O–H groups in total. The molecule has 0 saturated carbocycles. The van der Waals surface area contributed by atoms with Crippen LogP contribution in [0, 0.1) is 0 Å². The number of hydrogen-bond acceptors (Lipinski definition) is 3. The summed E-state index contributed by atoms with van der Waals surface area (Å²) in [5.74, 6) is 1.36. The van der Waals surface area contributed by atoms with E-state index >= 15 is 0 Å². The maximum atomic E-state index is 12.0. The van der Waals surface area contributed by atoms with E-state index in [0.717, 1.165) is 25.2 Å². The third-order valence-electron chi connectivity index (χ3n) is 3.13. The van der Waals surface area contributed by atoms with Gasteiger partial charge in [-0.15, -0.1) is 0 Å². The number of carbonyl (C=O) groups excluding carboxylic acids is 1. The first-order valence-corrected chi connectivity index (χ1v) is 7.70. The number of halogens is 1. The zero-order valence-electron chi connectivity index (χ0n) is 10.6. The molecule has 2 nitrogen and oxygen atoms in total. The molecule has 4 heteroatoms. The molecular formula is C14H18ClNOS. The molecule has 2 rings (SSSR count). The second kappa shape index (κ2) is 6.60. The molecule has 0 spiro atoms. The molecule has 98 valence electrons. The van der Waals surface area contributed by atoms with E-state index < -0.39 is 0 Å². The number of rotatable bonds is 4. The summed E-state index contributed by atoms with van der Waals surface area (Å²) in [6.07, 6.45) is 0.581. The minimum absolute atomic E-state index is 0.184. The van der Waals surface area contributed by atoms with Gasteiger partial charge in [0.1, 0.15) is 0 Å². The quantitative estimate of drug-likeness (QED) is 0.791. The Kier molecular flexibility index (Phi) is 5.10. The van der Waals surface area contributed by atoms with Crippen LogP contribution in [0.5, 0.6) is 0 Å². The van der Waals surface area contributed by atoms with Crippen molar-refractivity contribution in [2.45, 2.75) is 18.6 Å². The van der Waals surface area contributed by atoms with Crippen molar-refractivity contribution in [1.29, 1.82) is 0 Å². The molecule has 1 fully saturated rings. The zero-order valence-corrected chi connectivity index (χ0v) is 12.1. The first kappa shape index (κ1) is 13.9. The molecule has 1 saturated heterocycles. The summed E-state index contributed by atoms with van der Waals surface area (Å²) in [7, 11) is 0. The normalized spacial score (nSPS) is 20.9. The van der Waals surface area contributed by atoms with E-state index in [0.29, 0.717) is 16.7 Å². The van der Waals surface area contributed by atoms with E-state index in [2.05, 4.69) is 11.8 Å². The molecule has 18 heavy (non-hydrogen) atoms. The molecule has 0 aliphatic carbocycles. The SMILES string of the molecule is CC1CN(CCC(=O)c2cccc(Cl)c2)CCS1. The van der Waals surface area contributed by atoms with Gasteiger partial charge in [-0.25, -0.2) is 0 Å². The maximum absolute atomic E-state index is 12.0. The summed E-state index contributed by atoms with van der Waals surface area (Å²) < 4.78 is 0. The van der Waals surface area contributed by atoms with E-state index in [9.17, 15) is 4.79 Å². The molecule has 0 bridgehead atoms. The van der Waals surface area contributed by atoms with Crippen molar-refractivity contribution < 1.29 is 4.79 Å². The monoisotopic (exact) mass is 283 g/mol. The van der Waals surface area contributed by atoms with Crippen molar-refractivity contribution in [3.05, 3.63) is 34.9 Å². The highest BCUT2D eigenvalue weighted by Gasteiger charge is 2.17. The number of nitrogens with zero attached hydrogens (tertiary/aromatic N) is 1. The van der Waals surface area contributed by atoms with Crippen molar-refractivity contribution >= 4 is 29.1 Å². The Morgan fingerprint density at radius 3 is 3.11 bits per heavy atom. The number of carbonyl (C=O) groups is 1. The van der Waals surface area contributed by atoms with E-state index in [1.54, 1.807) is 12.1 Å². The molecule has 1 aliphatic heterocycles. The van der Waals surface area contributed by atoms with E-state index in [1.807, 2.05) is 23.9 Å². The number of Topliss-reactive ketones (excluding diaryl/α,β-unsaturated/α-hetero) is 1. The predicted molar refractivity (Wildman–Crippen MR) is 78.8 cm³/mol. The molecule has 0 aromatic heterocycles. The molecule has 0 radical (unpaired) electrons. The summed E-state index contributed by atoms with van der Waals surface area (Å²) in [6.45, 7) is 5.29. The number of benzene rings is 1. The van der Waals surface area contributed by atoms with Gasteiger partial charge in [0.05, 0.1) is 0 Å². The Morgan fingerprint density at radius 1 is 1.56 bits per heavy atom.